The predicted molar refractivity (Wildman–Crippen MR) is 97.5 cm³/mol. The summed E-state index contributed by atoms with van der Waals surface area (Å²) in [5.74, 6) is 0. The molecule has 2 aromatic carbocycles. The lowest BCUT2D eigenvalue weighted by atomic mass is 10.2. The van der Waals surface area contributed by atoms with E-state index >= 15 is 0 Å². The van der Waals surface area contributed by atoms with Crippen LogP contribution in [0.25, 0.3) is 11.3 Å². The van der Waals surface area contributed by atoms with Gasteiger partial charge in [0.05, 0.1) is 10.6 Å². The second-order valence-corrected chi connectivity index (χ2v) is 8.50. The summed E-state index contributed by atoms with van der Waals surface area (Å²) < 4.78 is 28.1. The molecule has 0 fully saturated rings. The van der Waals surface area contributed by atoms with Crippen molar-refractivity contribution >= 4 is 54.0 Å². The molecule has 118 valence electrons. The minimum atomic E-state index is -3.67. The monoisotopic (exact) mass is 428 g/mol. The summed E-state index contributed by atoms with van der Waals surface area (Å²) in [6.07, 6.45) is 0. The Morgan fingerprint density at radius 3 is 2.35 bits per heavy atom. The molecule has 1 N–H and O–H groups in total. The Hall–Kier alpha value is -1.41. The molecule has 0 unspecified atom stereocenters. The van der Waals surface area contributed by atoms with Gasteiger partial charge in [-0.15, -0.1) is 11.3 Å². The normalized spacial score (nSPS) is 11.4. The quantitative estimate of drug-likeness (QED) is 0.633. The summed E-state index contributed by atoms with van der Waals surface area (Å²) >= 11 is 10.4. The van der Waals surface area contributed by atoms with Gasteiger partial charge in [-0.05, 0) is 36.4 Å². The fraction of sp³-hybridized carbons (Fsp3) is 0. The zero-order valence-corrected chi connectivity index (χ0v) is 15.5. The fourth-order valence-corrected chi connectivity index (χ4v) is 4.22. The maximum absolute atomic E-state index is 12.3. The Morgan fingerprint density at radius 2 is 1.70 bits per heavy atom. The molecule has 0 saturated heterocycles. The average molecular weight is 430 g/mol. The molecule has 0 aliphatic rings. The van der Waals surface area contributed by atoms with Gasteiger partial charge in [0.25, 0.3) is 10.0 Å². The number of benzene rings is 2. The van der Waals surface area contributed by atoms with E-state index in [0.717, 1.165) is 15.7 Å². The van der Waals surface area contributed by atoms with Crippen molar-refractivity contribution in [2.45, 2.75) is 4.90 Å². The molecule has 4 nitrogen and oxygen atoms in total. The summed E-state index contributed by atoms with van der Waals surface area (Å²) in [6.45, 7) is 0. The van der Waals surface area contributed by atoms with Gasteiger partial charge in [-0.2, -0.15) is 0 Å². The molecule has 3 rings (SSSR count). The molecule has 0 bridgehead atoms. The van der Waals surface area contributed by atoms with Gasteiger partial charge in [0.15, 0.2) is 5.13 Å². The summed E-state index contributed by atoms with van der Waals surface area (Å²) in [5.41, 5.74) is 1.64. The zero-order valence-electron chi connectivity index (χ0n) is 11.5. The first-order valence-corrected chi connectivity index (χ1v) is 9.97. The number of aromatic nitrogens is 1. The molecule has 0 saturated carbocycles. The van der Waals surface area contributed by atoms with Crippen LogP contribution < -0.4 is 4.72 Å². The lowest BCUT2D eigenvalue weighted by Gasteiger charge is -2.05. The molecular weight excluding hydrogens is 420 g/mol. The van der Waals surface area contributed by atoms with Crippen molar-refractivity contribution in [2.24, 2.45) is 0 Å². The first-order chi connectivity index (χ1) is 10.9. The van der Waals surface area contributed by atoms with Gasteiger partial charge in [-0.3, -0.25) is 4.72 Å². The van der Waals surface area contributed by atoms with E-state index in [0.29, 0.717) is 10.2 Å². The van der Waals surface area contributed by atoms with E-state index in [9.17, 15) is 8.42 Å². The maximum Gasteiger partial charge on any atom is 0.263 e. The SMILES string of the molecule is O=S(=O)(Nc1nc(-c2ccc(Br)cc2)cs1)c1ccc(Cl)cc1. The van der Waals surface area contributed by atoms with Crippen molar-refractivity contribution in [1.29, 1.82) is 0 Å². The van der Waals surface area contributed by atoms with Crippen LogP contribution in [0.5, 0.6) is 0 Å². The molecule has 1 heterocycles. The van der Waals surface area contributed by atoms with Crippen LogP contribution in [0.3, 0.4) is 0 Å². The highest BCUT2D eigenvalue weighted by Crippen LogP contribution is 2.27. The molecule has 1 aromatic heterocycles. The van der Waals surface area contributed by atoms with Crippen LogP contribution in [0.4, 0.5) is 5.13 Å². The number of nitrogens with zero attached hydrogens (tertiary/aromatic N) is 1. The highest BCUT2D eigenvalue weighted by Gasteiger charge is 2.16. The van der Waals surface area contributed by atoms with Crippen LogP contribution in [-0.4, -0.2) is 13.4 Å². The summed E-state index contributed by atoms with van der Waals surface area (Å²) in [6, 6.07) is 13.6. The third-order valence-electron chi connectivity index (χ3n) is 2.99. The number of halogens is 2. The van der Waals surface area contributed by atoms with Crippen LogP contribution in [0, 0.1) is 0 Å². The number of hydrogen-bond acceptors (Lipinski definition) is 4. The lowest BCUT2D eigenvalue weighted by Crippen LogP contribution is -2.12. The molecule has 23 heavy (non-hydrogen) atoms. The number of hydrogen-bond donors (Lipinski definition) is 1. The Bertz CT molecular complexity index is 923. The fourth-order valence-electron chi connectivity index (χ4n) is 1.86. The van der Waals surface area contributed by atoms with Crippen molar-refractivity contribution in [2.75, 3.05) is 4.72 Å². The second kappa shape index (κ2) is 6.60. The van der Waals surface area contributed by atoms with Gasteiger partial charge in [0, 0.05) is 20.4 Å². The third-order valence-corrected chi connectivity index (χ3v) is 6.01. The smallest absolute Gasteiger partial charge is 0.255 e. The Labute approximate surface area is 151 Å². The van der Waals surface area contributed by atoms with Gasteiger partial charge < -0.3 is 0 Å². The molecule has 3 aromatic rings. The van der Waals surface area contributed by atoms with Gasteiger partial charge >= 0.3 is 0 Å². The molecule has 0 radical (unpaired) electrons. The highest BCUT2D eigenvalue weighted by molar-refractivity contribution is 9.10. The minimum absolute atomic E-state index is 0.141. The van der Waals surface area contributed by atoms with Gasteiger partial charge in [-0.25, -0.2) is 13.4 Å². The number of thiazole rings is 1. The first kappa shape index (κ1) is 16.4. The molecule has 0 aliphatic heterocycles. The van der Waals surface area contributed by atoms with Crippen LogP contribution in [-0.2, 0) is 10.0 Å². The van der Waals surface area contributed by atoms with Gasteiger partial charge in [-0.1, -0.05) is 39.7 Å². The van der Waals surface area contributed by atoms with Crippen LogP contribution in [0.1, 0.15) is 0 Å². The standard InChI is InChI=1S/C15H10BrClN2O2S2/c16-11-3-1-10(2-4-11)14-9-22-15(18-14)19-23(20,21)13-7-5-12(17)6-8-13/h1-9H,(H,18,19). The number of anilines is 1. The van der Waals surface area contributed by atoms with Crippen molar-refractivity contribution in [1.82, 2.24) is 4.98 Å². The lowest BCUT2D eigenvalue weighted by molar-refractivity contribution is 0.601. The second-order valence-electron chi connectivity index (χ2n) is 4.60. The Kier molecular flexibility index (Phi) is 4.72. The van der Waals surface area contributed by atoms with Crippen LogP contribution in [0.2, 0.25) is 5.02 Å². The third kappa shape index (κ3) is 3.92. The molecule has 0 aliphatic carbocycles. The van der Waals surface area contributed by atoms with Crippen molar-refractivity contribution in [3.63, 3.8) is 0 Å². The van der Waals surface area contributed by atoms with E-state index in [4.69, 9.17) is 11.6 Å². The first-order valence-electron chi connectivity index (χ1n) is 6.44. The van der Waals surface area contributed by atoms with Crippen LogP contribution >= 0.6 is 38.9 Å². The largest absolute Gasteiger partial charge is 0.263 e. The van der Waals surface area contributed by atoms with Crippen molar-refractivity contribution in [3.8, 4) is 11.3 Å². The van der Waals surface area contributed by atoms with E-state index < -0.39 is 10.0 Å². The summed E-state index contributed by atoms with van der Waals surface area (Å²) in [5, 5.41) is 2.61. The number of nitrogens with one attached hydrogen (secondary N) is 1. The van der Waals surface area contributed by atoms with E-state index in [1.165, 1.54) is 35.6 Å². The molecule has 8 heteroatoms. The molecular formula is C15H10BrClN2O2S2. The topological polar surface area (TPSA) is 59.1 Å². The van der Waals surface area contributed by atoms with E-state index in [1.807, 2.05) is 29.6 Å². The number of sulfonamides is 1. The zero-order chi connectivity index (χ0) is 16.4. The molecule has 0 spiro atoms. The van der Waals surface area contributed by atoms with E-state index in [1.54, 1.807) is 0 Å². The maximum atomic E-state index is 12.3. The van der Waals surface area contributed by atoms with Crippen molar-refractivity contribution < 1.29 is 8.42 Å². The Morgan fingerprint density at radius 1 is 1.04 bits per heavy atom. The molecule has 0 amide bonds. The van der Waals surface area contributed by atoms with E-state index in [2.05, 4.69) is 25.6 Å². The van der Waals surface area contributed by atoms with Gasteiger partial charge in [0.1, 0.15) is 0 Å². The Balaban J connectivity index is 1.83. The average Bonchev–Trinajstić information content (AvgIpc) is 2.96. The summed E-state index contributed by atoms with van der Waals surface area (Å²) in [7, 11) is -3.67. The highest BCUT2D eigenvalue weighted by atomic mass is 79.9. The minimum Gasteiger partial charge on any atom is -0.255 e. The summed E-state index contributed by atoms with van der Waals surface area (Å²) in [4.78, 5) is 4.47. The van der Waals surface area contributed by atoms with Crippen LogP contribution in [0.15, 0.2) is 63.3 Å². The van der Waals surface area contributed by atoms with E-state index in [-0.39, 0.29) is 4.90 Å². The molecule has 0 atom stereocenters. The van der Waals surface area contributed by atoms with Crippen molar-refractivity contribution in [3.05, 3.63) is 63.4 Å². The predicted octanol–water partition coefficient (Wildman–Crippen LogP) is 5.03. The number of rotatable bonds is 4. The van der Waals surface area contributed by atoms with Gasteiger partial charge in [0.2, 0.25) is 0 Å².